The van der Waals surface area contributed by atoms with Gasteiger partial charge in [0.2, 0.25) is 5.91 Å². The number of benzene rings is 2. The fourth-order valence-electron chi connectivity index (χ4n) is 1.78. The van der Waals surface area contributed by atoms with Crippen LogP contribution in [0.4, 0.5) is 5.69 Å². The van der Waals surface area contributed by atoms with Crippen LogP contribution in [0.15, 0.2) is 53.4 Å². The number of hydrogen-bond donors (Lipinski definition) is 1. The molecule has 0 saturated carbocycles. The van der Waals surface area contributed by atoms with Crippen LogP contribution in [0.25, 0.3) is 0 Å². The summed E-state index contributed by atoms with van der Waals surface area (Å²) in [4.78, 5) is 12.1. The Morgan fingerprint density at radius 2 is 1.62 bits per heavy atom. The largest absolute Gasteiger partial charge is 0.326 e. The van der Waals surface area contributed by atoms with Crippen LogP contribution in [0, 0.1) is 0 Å². The summed E-state index contributed by atoms with van der Waals surface area (Å²) in [5, 5.41) is 3.34. The van der Waals surface area contributed by atoms with Gasteiger partial charge < -0.3 is 5.32 Å². The highest BCUT2D eigenvalue weighted by Gasteiger charge is 2.08. The van der Waals surface area contributed by atoms with Crippen molar-refractivity contribution in [2.24, 2.45) is 0 Å². The SMILES string of the molecule is CS(=O)(=O)c1ccc(NC(=O)Cc2ccc(Cl)cc2)cc1. The van der Waals surface area contributed by atoms with Crippen LogP contribution in [0.1, 0.15) is 5.56 Å². The van der Waals surface area contributed by atoms with E-state index in [2.05, 4.69) is 5.32 Å². The second kappa shape index (κ2) is 6.28. The maximum atomic E-state index is 11.9. The molecule has 0 unspecified atom stereocenters. The van der Waals surface area contributed by atoms with Crippen molar-refractivity contribution in [1.82, 2.24) is 0 Å². The van der Waals surface area contributed by atoms with Crippen LogP contribution in [0.2, 0.25) is 5.02 Å². The minimum absolute atomic E-state index is 0.176. The Hall–Kier alpha value is -1.85. The third-order valence-electron chi connectivity index (χ3n) is 2.84. The van der Waals surface area contributed by atoms with Gasteiger partial charge in [0.1, 0.15) is 0 Å². The first kappa shape index (κ1) is 15.5. The Bertz CT molecular complexity index is 737. The molecule has 0 fully saturated rings. The number of rotatable bonds is 4. The average Bonchev–Trinajstić information content (AvgIpc) is 2.41. The summed E-state index contributed by atoms with van der Waals surface area (Å²) in [6.45, 7) is 0. The maximum absolute atomic E-state index is 11.9. The number of carbonyl (C=O) groups excluding carboxylic acids is 1. The van der Waals surface area contributed by atoms with Crippen molar-refractivity contribution in [3.8, 4) is 0 Å². The molecule has 110 valence electrons. The van der Waals surface area contributed by atoms with Crippen LogP contribution < -0.4 is 5.32 Å². The number of sulfone groups is 1. The van der Waals surface area contributed by atoms with Crippen molar-refractivity contribution in [3.63, 3.8) is 0 Å². The van der Waals surface area contributed by atoms with E-state index >= 15 is 0 Å². The van der Waals surface area contributed by atoms with Crippen molar-refractivity contribution < 1.29 is 13.2 Å². The molecule has 0 radical (unpaired) electrons. The van der Waals surface area contributed by atoms with Crippen LogP contribution in [0.5, 0.6) is 0 Å². The van der Waals surface area contributed by atoms with Gasteiger partial charge in [-0.1, -0.05) is 23.7 Å². The van der Waals surface area contributed by atoms with Crippen molar-refractivity contribution in [1.29, 1.82) is 0 Å². The molecule has 0 aromatic heterocycles. The van der Waals surface area contributed by atoms with Gasteiger partial charge in [0.05, 0.1) is 11.3 Å². The van der Waals surface area contributed by atoms with Crippen LogP contribution in [-0.2, 0) is 21.1 Å². The van der Waals surface area contributed by atoms with Gasteiger partial charge in [-0.15, -0.1) is 0 Å². The predicted molar refractivity (Wildman–Crippen MR) is 83.3 cm³/mol. The van der Waals surface area contributed by atoms with Crippen molar-refractivity contribution in [2.75, 3.05) is 11.6 Å². The molecule has 6 heteroatoms. The number of carbonyl (C=O) groups is 1. The second-order valence-corrected chi connectivity index (χ2v) is 7.10. The highest BCUT2D eigenvalue weighted by Crippen LogP contribution is 2.15. The minimum atomic E-state index is -3.23. The molecule has 0 spiro atoms. The van der Waals surface area contributed by atoms with E-state index in [1.165, 1.54) is 12.1 Å². The molecule has 2 aromatic carbocycles. The van der Waals surface area contributed by atoms with Gasteiger partial charge >= 0.3 is 0 Å². The van der Waals surface area contributed by atoms with Gasteiger partial charge in [0.15, 0.2) is 9.84 Å². The fraction of sp³-hybridized carbons (Fsp3) is 0.133. The zero-order chi connectivity index (χ0) is 15.5. The molecular formula is C15H14ClNO3S. The Kier molecular flexibility index (Phi) is 4.65. The molecule has 2 aromatic rings. The summed E-state index contributed by atoms with van der Waals surface area (Å²) in [5.74, 6) is -0.176. The Balaban J connectivity index is 2.01. The van der Waals surface area contributed by atoms with Gasteiger partial charge in [-0.2, -0.15) is 0 Å². The molecule has 0 aliphatic rings. The predicted octanol–water partition coefficient (Wildman–Crippen LogP) is 2.92. The zero-order valence-electron chi connectivity index (χ0n) is 11.3. The van der Waals surface area contributed by atoms with Gasteiger partial charge in [-0.25, -0.2) is 8.42 Å². The lowest BCUT2D eigenvalue weighted by Gasteiger charge is -2.06. The van der Waals surface area contributed by atoms with Crippen LogP contribution in [0.3, 0.4) is 0 Å². The third-order valence-corrected chi connectivity index (χ3v) is 4.22. The summed E-state index contributed by atoms with van der Waals surface area (Å²) in [6, 6.07) is 13.1. The van der Waals surface area contributed by atoms with E-state index in [0.717, 1.165) is 11.8 Å². The Labute approximate surface area is 128 Å². The smallest absolute Gasteiger partial charge is 0.228 e. The third kappa shape index (κ3) is 4.58. The van der Waals surface area contributed by atoms with Gasteiger partial charge in [0.25, 0.3) is 0 Å². The van der Waals surface area contributed by atoms with Gasteiger partial charge in [0, 0.05) is 17.0 Å². The molecule has 2 rings (SSSR count). The molecule has 0 atom stereocenters. The molecule has 0 aliphatic carbocycles. The van der Waals surface area contributed by atoms with E-state index in [4.69, 9.17) is 11.6 Å². The lowest BCUT2D eigenvalue weighted by Crippen LogP contribution is -2.14. The highest BCUT2D eigenvalue weighted by atomic mass is 35.5. The van der Waals surface area contributed by atoms with E-state index in [0.29, 0.717) is 10.7 Å². The molecular weight excluding hydrogens is 310 g/mol. The first-order valence-corrected chi connectivity index (χ1v) is 8.46. The lowest BCUT2D eigenvalue weighted by molar-refractivity contribution is -0.115. The molecule has 0 aliphatic heterocycles. The second-order valence-electron chi connectivity index (χ2n) is 4.65. The maximum Gasteiger partial charge on any atom is 0.228 e. The minimum Gasteiger partial charge on any atom is -0.326 e. The molecule has 0 saturated heterocycles. The van der Waals surface area contributed by atoms with Crippen molar-refractivity contribution in [3.05, 3.63) is 59.1 Å². The average molecular weight is 324 g/mol. The van der Waals surface area contributed by atoms with Gasteiger partial charge in [-0.3, -0.25) is 4.79 Å². The van der Waals surface area contributed by atoms with Crippen molar-refractivity contribution >= 4 is 33.0 Å². The first-order chi connectivity index (χ1) is 9.84. The molecule has 21 heavy (non-hydrogen) atoms. The monoisotopic (exact) mass is 323 g/mol. The quantitative estimate of drug-likeness (QED) is 0.941. The molecule has 4 nitrogen and oxygen atoms in total. The Morgan fingerprint density at radius 1 is 1.05 bits per heavy atom. The van der Waals surface area contributed by atoms with E-state index in [1.807, 2.05) is 0 Å². The summed E-state index contributed by atoms with van der Waals surface area (Å²) >= 11 is 5.78. The fourth-order valence-corrected chi connectivity index (χ4v) is 2.53. The summed E-state index contributed by atoms with van der Waals surface area (Å²) < 4.78 is 22.7. The zero-order valence-corrected chi connectivity index (χ0v) is 12.9. The lowest BCUT2D eigenvalue weighted by atomic mass is 10.1. The number of hydrogen-bond acceptors (Lipinski definition) is 3. The number of amides is 1. The summed E-state index contributed by atoms with van der Waals surface area (Å²) in [7, 11) is -3.23. The van der Waals surface area contributed by atoms with Crippen LogP contribution >= 0.6 is 11.6 Å². The molecule has 1 amide bonds. The van der Waals surface area contributed by atoms with Gasteiger partial charge in [-0.05, 0) is 42.0 Å². The summed E-state index contributed by atoms with van der Waals surface area (Å²) in [6.07, 6.45) is 1.37. The van der Waals surface area contributed by atoms with Crippen LogP contribution in [-0.4, -0.2) is 20.6 Å². The van der Waals surface area contributed by atoms with E-state index < -0.39 is 9.84 Å². The molecule has 1 N–H and O–H groups in total. The van der Waals surface area contributed by atoms with E-state index in [1.54, 1.807) is 36.4 Å². The first-order valence-electron chi connectivity index (χ1n) is 6.19. The highest BCUT2D eigenvalue weighted by molar-refractivity contribution is 7.90. The number of halogens is 1. The van der Waals surface area contributed by atoms with E-state index in [-0.39, 0.29) is 17.2 Å². The Morgan fingerprint density at radius 3 is 2.14 bits per heavy atom. The molecule has 0 bridgehead atoms. The topological polar surface area (TPSA) is 63.2 Å². The number of anilines is 1. The summed E-state index contributed by atoms with van der Waals surface area (Å²) in [5.41, 5.74) is 1.41. The number of nitrogens with one attached hydrogen (secondary N) is 1. The standard InChI is InChI=1S/C15H14ClNO3S/c1-21(19,20)14-8-6-13(7-9-14)17-15(18)10-11-2-4-12(16)5-3-11/h2-9H,10H2,1H3,(H,17,18). The molecule has 0 heterocycles. The normalized spacial score (nSPS) is 11.1. The van der Waals surface area contributed by atoms with E-state index in [9.17, 15) is 13.2 Å². The van der Waals surface area contributed by atoms with Crippen molar-refractivity contribution in [2.45, 2.75) is 11.3 Å².